The average Bonchev–Trinajstić information content (AvgIpc) is 3.80. The van der Waals surface area contributed by atoms with Gasteiger partial charge in [-0.2, -0.15) is 0 Å². The summed E-state index contributed by atoms with van der Waals surface area (Å²) in [4.78, 5) is 22.5. The fourth-order valence-electron chi connectivity index (χ4n) is 10.0. The predicted octanol–water partition coefficient (Wildman–Crippen LogP) is 9.63. The molecule has 2 aliphatic carbocycles. The van der Waals surface area contributed by atoms with Crippen molar-refractivity contribution in [1.29, 1.82) is 0 Å². The molecule has 344 valence electrons. The summed E-state index contributed by atoms with van der Waals surface area (Å²) in [6, 6.07) is 26.8. The van der Waals surface area contributed by atoms with Crippen LogP contribution in [0, 0.1) is 23.6 Å². The van der Waals surface area contributed by atoms with E-state index in [9.17, 15) is 19.4 Å². The Morgan fingerprint density at radius 1 is 0.908 bits per heavy atom. The third kappa shape index (κ3) is 10.0. The summed E-state index contributed by atoms with van der Waals surface area (Å²) in [7, 11) is 0. The van der Waals surface area contributed by atoms with Crippen LogP contribution in [-0.2, 0) is 34.1 Å². The first-order chi connectivity index (χ1) is 31.9. The number of allylic oxidation sites excluding steroid dienone is 1. The van der Waals surface area contributed by atoms with Gasteiger partial charge in [-0.3, -0.25) is 4.90 Å². The second kappa shape index (κ2) is 21.4. The Balaban J connectivity index is 1.31. The molecular weight excluding hydrogens is 832 g/mol. The van der Waals surface area contributed by atoms with Crippen LogP contribution in [0.4, 0.5) is 9.18 Å². The molecule has 4 aromatic carbocycles. The number of carbonyl (C=O) groups excluding carboxylic acids is 1. The number of carbonyl (C=O) groups is 1. The van der Waals surface area contributed by atoms with Crippen LogP contribution in [0.1, 0.15) is 80.0 Å². The van der Waals surface area contributed by atoms with Gasteiger partial charge in [-0.25, -0.2) is 9.18 Å². The number of hydrogen-bond donors (Lipinski definition) is 2. The number of nitrogens with zero attached hydrogens (tertiary/aromatic N) is 2. The largest absolute Gasteiger partial charge is 0.489 e. The van der Waals surface area contributed by atoms with Gasteiger partial charge in [0.25, 0.3) is 0 Å². The Kier molecular flexibility index (Phi) is 15.0. The lowest BCUT2D eigenvalue weighted by Gasteiger charge is -2.59. The minimum Gasteiger partial charge on any atom is -0.489 e. The van der Waals surface area contributed by atoms with E-state index in [1.54, 1.807) is 36.1 Å². The lowest BCUT2D eigenvalue weighted by molar-refractivity contribution is -0.256. The Labute approximate surface area is 380 Å². The van der Waals surface area contributed by atoms with Gasteiger partial charge in [0, 0.05) is 43.2 Å². The van der Waals surface area contributed by atoms with Crippen LogP contribution in [0.2, 0.25) is 0 Å². The SMILES string of the molecule is C=CCOC12Oc3ccc(OCc4ccccc4F)cc3C3C(CCCCO)C(CCCCO)C=C(C(=NOCc4ccccc4)CC1N(Cc1ccc4c(c1)OCO4)C(=O)OCC)C32. The minimum atomic E-state index is -1.51. The van der Waals surface area contributed by atoms with Crippen LogP contribution < -0.4 is 18.9 Å². The highest BCUT2D eigenvalue weighted by Gasteiger charge is 2.65. The number of benzene rings is 4. The average molecular weight is 891 g/mol. The lowest BCUT2D eigenvalue weighted by atomic mass is 9.55. The zero-order valence-corrected chi connectivity index (χ0v) is 36.9. The minimum absolute atomic E-state index is 0.0136. The molecule has 1 saturated carbocycles. The fraction of sp³-hybridized carbons (Fsp3) is 0.423. The highest BCUT2D eigenvalue weighted by molar-refractivity contribution is 6.03. The van der Waals surface area contributed by atoms with Crippen molar-refractivity contribution in [1.82, 2.24) is 4.90 Å². The van der Waals surface area contributed by atoms with E-state index in [2.05, 4.69) is 12.7 Å². The van der Waals surface area contributed by atoms with Crippen molar-refractivity contribution in [3.8, 4) is 23.0 Å². The highest BCUT2D eigenvalue weighted by Crippen LogP contribution is 2.62. The van der Waals surface area contributed by atoms with E-state index in [4.69, 9.17) is 38.4 Å². The first kappa shape index (κ1) is 45.7. The number of aliphatic hydroxyl groups excluding tert-OH is 2. The number of hydrogen-bond acceptors (Lipinski definition) is 11. The zero-order chi connectivity index (χ0) is 45.2. The molecule has 6 atom stereocenters. The van der Waals surface area contributed by atoms with Crippen molar-refractivity contribution in [2.24, 2.45) is 22.9 Å². The molecule has 13 heteroatoms. The summed E-state index contributed by atoms with van der Waals surface area (Å²) in [5.41, 5.74) is 4.59. The Morgan fingerprint density at radius 3 is 2.46 bits per heavy atom. The lowest BCUT2D eigenvalue weighted by Crippen LogP contribution is -2.70. The van der Waals surface area contributed by atoms with Crippen LogP contribution >= 0.6 is 0 Å². The van der Waals surface area contributed by atoms with Gasteiger partial charge in [0.1, 0.15) is 36.6 Å². The van der Waals surface area contributed by atoms with Gasteiger partial charge < -0.3 is 43.5 Å². The van der Waals surface area contributed by atoms with Crippen molar-refractivity contribution in [2.45, 2.75) is 89.4 Å². The highest BCUT2D eigenvalue weighted by atomic mass is 19.1. The molecule has 12 nitrogen and oxygen atoms in total. The Hall–Kier alpha value is -5.89. The second-order valence-corrected chi connectivity index (χ2v) is 16.9. The smallest absolute Gasteiger partial charge is 0.410 e. The van der Waals surface area contributed by atoms with E-state index in [-0.39, 0.29) is 83.0 Å². The monoisotopic (exact) mass is 890 g/mol. The molecule has 0 aromatic heterocycles. The van der Waals surface area contributed by atoms with Crippen LogP contribution in [0.25, 0.3) is 0 Å². The van der Waals surface area contributed by atoms with Gasteiger partial charge in [-0.15, -0.1) is 6.58 Å². The number of oxime groups is 1. The number of ether oxygens (including phenoxy) is 6. The molecule has 0 spiro atoms. The number of rotatable bonds is 21. The summed E-state index contributed by atoms with van der Waals surface area (Å²) >= 11 is 0. The predicted molar refractivity (Wildman–Crippen MR) is 242 cm³/mol. The van der Waals surface area contributed by atoms with Crippen LogP contribution in [0.15, 0.2) is 120 Å². The number of unbranched alkanes of at least 4 members (excludes halogenated alkanes) is 2. The summed E-state index contributed by atoms with van der Waals surface area (Å²) < 4.78 is 52.9. The zero-order valence-electron chi connectivity index (χ0n) is 36.9. The van der Waals surface area contributed by atoms with E-state index < -0.39 is 23.8 Å². The van der Waals surface area contributed by atoms with Gasteiger partial charge in [0.15, 0.2) is 11.5 Å². The first-order valence-electron chi connectivity index (χ1n) is 22.8. The van der Waals surface area contributed by atoms with Crippen LogP contribution in [-0.4, -0.2) is 72.0 Å². The van der Waals surface area contributed by atoms with Crippen LogP contribution in [0.5, 0.6) is 23.0 Å². The molecule has 4 aromatic rings. The topological polar surface area (TPSA) is 138 Å². The van der Waals surface area contributed by atoms with Crippen molar-refractivity contribution >= 4 is 11.8 Å². The third-order valence-corrected chi connectivity index (χ3v) is 12.9. The van der Waals surface area contributed by atoms with Crippen molar-refractivity contribution in [3.05, 3.63) is 143 Å². The summed E-state index contributed by atoms with van der Waals surface area (Å²) in [6.07, 6.45) is 7.97. The standard InChI is InChI=1S/C52H59FN2O10/c1-3-26-63-52-48(55(51(58)59-4-2)31-36-20-22-46-47(27-36)62-34-61-46)30-44(54-64-32-35-14-6-5-7-15-35)41-28-37(16-10-12-24-56)40(18-11-13-25-57)49(50(41)52)42-29-39(21-23-45(42)65-52)60-33-38-17-8-9-19-43(38)53/h3,5-9,14-15,17,19-23,27-29,37,40,48-50,56-57H,1,4,10-13,16,18,24-26,30-34H2,2H3. The second-order valence-electron chi connectivity index (χ2n) is 16.9. The fourth-order valence-corrected chi connectivity index (χ4v) is 10.0. The molecule has 1 fully saturated rings. The summed E-state index contributed by atoms with van der Waals surface area (Å²) in [5, 5.41) is 24.9. The van der Waals surface area contributed by atoms with E-state index in [0.29, 0.717) is 47.1 Å². The Morgan fingerprint density at radius 2 is 1.68 bits per heavy atom. The van der Waals surface area contributed by atoms with Crippen molar-refractivity contribution in [2.75, 3.05) is 33.2 Å². The number of fused-ring (bicyclic) bond motifs is 3. The molecule has 2 N–H and O–H groups in total. The van der Waals surface area contributed by atoms with E-state index in [0.717, 1.165) is 47.9 Å². The van der Waals surface area contributed by atoms with Gasteiger partial charge in [-0.05, 0) is 97.5 Å². The maximum Gasteiger partial charge on any atom is 0.410 e. The third-order valence-electron chi connectivity index (χ3n) is 12.9. The van der Waals surface area contributed by atoms with Gasteiger partial charge in [-0.1, -0.05) is 84.7 Å². The molecule has 1 amide bonds. The van der Waals surface area contributed by atoms with Gasteiger partial charge >= 0.3 is 6.09 Å². The molecule has 65 heavy (non-hydrogen) atoms. The van der Waals surface area contributed by atoms with Crippen LogP contribution in [0.3, 0.4) is 0 Å². The van der Waals surface area contributed by atoms with Gasteiger partial charge in [0.05, 0.1) is 24.8 Å². The molecule has 0 bridgehead atoms. The normalized spacial score (nSPS) is 23.1. The molecule has 6 unspecified atom stereocenters. The molecule has 8 rings (SSSR count). The molecule has 2 aliphatic heterocycles. The molecular formula is C52H59FN2O10. The number of aliphatic hydroxyl groups is 2. The van der Waals surface area contributed by atoms with Crippen molar-refractivity contribution in [3.63, 3.8) is 0 Å². The van der Waals surface area contributed by atoms with E-state index in [1.807, 2.05) is 66.7 Å². The maximum atomic E-state index is 14.8. The van der Waals surface area contributed by atoms with E-state index in [1.165, 1.54) is 6.07 Å². The van der Waals surface area contributed by atoms with Gasteiger partial charge in [0.2, 0.25) is 12.6 Å². The molecule has 0 radical (unpaired) electrons. The number of halogens is 1. The maximum absolute atomic E-state index is 14.8. The van der Waals surface area contributed by atoms with E-state index >= 15 is 0 Å². The molecule has 2 heterocycles. The van der Waals surface area contributed by atoms with Crippen molar-refractivity contribution < 1.29 is 52.7 Å². The molecule has 4 aliphatic rings. The Bertz CT molecular complexity index is 2320. The quantitative estimate of drug-likeness (QED) is 0.0473. The summed E-state index contributed by atoms with van der Waals surface area (Å²) in [6.45, 7) is 6.63. The summed E-state index contributed by atoms with van der Waals surface area (Å²) in [5.74, 6) is -0.406. The number of amides is 1. The first-order valence-corrected chi connectivity index (χ1v) is 22.8. The molecule has 0 saturated heterocycles.